The summed E-state index contributed by atoms with van der Waals surface area (Å²) in [5.41, 5.74) is -1.10. The summed E-state index contributed by atoms with van der Waals surface area (Å²) in [4.78, 5) is 0. The lowest BCUT2D eigenvalue weighted by Crippen LogP contribution is -2.20. The molecule has 1 heterocycles. The van der Waals surface area contributed by atoms with Crippen molar-refractivity contribution in [2.24, 2.45) is 11.4 Å². The average molecular weight is 281 g/mol. The van der Waals surface area contributed by atoms with E-state index in [1.807, 2.05) is 0 Å². The van der Waals surface area contributed by atoms with E-state index in [0.29, 0.717) is 0 Å². The van der Waals surface area contributed by atoms with Crippen LogP contribution in [0.4, 0.5) is 13.2 Å². The molecule has 0 amide bonds. The zero-order chi connectivity index (χ0) is 14.1. The highest BCUT2D eigenvalue weighted by Gasteiger charge is 2.37. The zero-order valence-electron chi connectivity index (χ0n) is 10.4. The lowest BCUT2D eigenvalue weighted by Gasteiger charge is -2.12. The van der Waals surface area contributed by atoms with Gasteiger partial charge in [0.1, 0.15) is 11.0 Å². The molecule has 0 aromatic carbocycles. The van der Waals surface area contributed by atoms with Gasteiger partial charge in [0.25, 0.3) is 0 Å². The molecule has 0 radical (unpaired) electrons. The monoisotopic (exact) mass is 281 g/mol. The smallest absolute Gasteiger partial charge is 0.263 e. The van der Waals surface area contributed by atoms with Crippen LogP contribution in [0.25, 0.3) is 0 Å². The van der Waals surface area contributed by atoms with E-state index in [0.717, 1.165) is 17.1 Å². The maximum absolute atomic E-state index is 12.7. The molecule has 18 heavy (non-hydrogen) atoms. The molecule has 1 atom stereocenters. The van der Waals surface area contributed by atoms with Gasteiger partial charge in [-0.2, -0.15) is 22.7 Å². The van der Waals surface area contributed by atoms with Gasteiger partial charge >= 0.3 is 6.18 Å². The minimum Gasteiger partial charge on any atom is -0.263 e. The molecule has 0 N–H and O–H groups in total. The topological polar surface area (TPSA) is 47.2 Å². The lowest BCUT2D eigenvalue weighted by atomic mass is 10.2. The predicted molar refractivity (Wildman–Crippen MR) is 63.7 cm³/mol. The fourth-order valence-electron chi connectivity index (χ4n) is 1.16. The van der Waals surface area contributed by atoms with Crippen molar-refractivity contribution in [1.29, 1.82) is 0 Å². The van der Waals surface area contributed by atoms with E-state index in [-0.39, 0.29) is 5.56 Å². The molecular weight excluding hydrogens is 267 g/mol. The second-order valence-electron chi connectivity index (χ2n) is 4.67. The molecule has 0 unspecified atom stereocenters. The van der Waals surface area contributed by atoms with Crippen LogP contribution in [0.5, 0.6) is 0 Å². The van der Waals surface area contributed by atoms with Crippen LogP contribution in [0, 0.1) is 0 Å². The number of halogens is 3. The summed E-state index contributed by atoms with van der Waals surface area (Å²) in [5.74, 6) is 0. The maximum Gasteiger partial charge on any atom is 0.433 e. The molecule has 0 aliphatic carbocycles. The Hall–Kier alpha value is -1.18. The first kappa shape index (κ1) is 14.9. The molecule has 8 heteroatoms. The molecule has 0 saturated heterocycles. The molecule has 4 nitrogen and oxygen atoms in total. The van der Waals surface area contributed by atoms with Crippen molar-refractivity contribution in [3.05, 3.63) is 17.5 Å². The van der Waals surface area contributed by atoms with E-state index in [1.54, 1.807) is 20.8 Å². The van der Waals surface area contributed by atoms with E-state index in [1.165, 1.54) is 7.05 Å². The van der Waals surface area contributed by atoms with Crippen molar-refractivity contribution in [3.63, 3.8) is 0 Å². The Morgan fingerprint density at radius 1 is 1.39 bits per heavy atom. The Labute approximate surface area is 105 Å². The van der Waals surface area contributed by atoms with Gasteiger partial charge in [-0.1, -0.05) is 0 Å². The fourth-order valence-corrected chi connectivity index (χ4v) is 1.68. The van der Waals surface area contributed by atoms with E-state index >= 15 is 0 Å². The van der Waals surface area contributed by atoms with Crippen molar-refractivity contribution in [2.75, 3.05) is 0 Å². The van der Waals surface area contributed by atoms with Gasteiger partial charge < -0.3 is 0 Å². The van der Waals surface area contributed by atoms with Crippen molar-refractivity contribution in [2.45, 2.75) is 31.7 Å². The quantitative estimate of drug-likeness (QED) is 0.781. The first-order valence-electron chi connectivity index (χ1n) is 5.08. The van der Waals surface area contributed by atoms with Gasteiger partial charge in [-0.05, 0) is 20.8 Å². The minimum atomic E-state index is -4.52. The van der Waals surface area contributed by atoms with Crippen molar-refractivity contribution >= 4 is 17.2 Å². The Bertz CT molecular complexity index is 486. The number of rotatable bonds is 2. The van der Waals surface area contributed by atoms with Gasteiger partial charge in [0.05, 0.1) is 10.9 Å². The first-order valence-corrected chi connectivity index (χ1v) is 6.19. The number of hydrogen-bond acceptors (Lipinski definition) is 2. The van der Waals surface area contributed by atoms with Gasteiger partial charge in [-0.25, -0.2) is 4.21 Å². The summed E-state index contributed by atoms with van der Waals surface area (Å²) in [6.07, 6.45) is -2.51. The summed E-state index contributed by atoms with van der Waals surface area (Å²) >= 11 is 0. The van der Waals surface area contributed by atoms with E-state index in [2.05, 4.69) is 9.50 Å². The Morgan fingerprint density at radius 3 is 2.39 bits per heavy atom. The van der Waals surface area contributed by atoms with Crippen LogP contribution in [0.2, 0.25) is 0 Å². The molecule has 0 aliphatic heterocycles. The van der Waals surface area contributed by atoms with Crippen LogP contribution in [-0.4, -0.2) is 25.0 Å². The van der Waals surface area contributed by atoms with Gasteiger partial charge in [0, 0.05) is 18.8 Å². The molecule has 1 aromatic heterocycles. The highest BCUT2D eigenvalue weighted by Crippen LogP contribution is 2.30. The molecular formula is C10H14F3N3OS. The van der Waals surface area contributed by atoms with Crippen LogP contribution in [0.15, 0.2) is 10.6 Å². The highest BCUT2D eigenvalue weighted by atomic mass is 32.2. The van der Waals surface area contributed by atoms with Crippen molar-refractivity contribution in [1.82, 2.24) is 9.78 Å². The van der Waals surface area contributed by atoms with E-state index in [4.69, 9.17) is 0 Å². The molecule has 0 saturated carbocycles. The van der Waals surface area contributed by atoms with E-state index < -0.39 is 27.6 Å². The largest absolute Gasteiger partial charge is 0.433 e. The molecule has 0 aliphatic rings. The summed E-state index contributed by atoms with van der Waals surface area (Å²) in [5, 5.41) is 3.53. The molecule has 1 aromatic rings. The van der Waals surface area contributed by atoms with Crippen LogP contribution in [0.1, 0.15) is 32.0 Å². The predicted octanol–water partition coefficient (Wildman–Crippen LogP) is 2.32. The third-order valence-electron chi connectivity index (χ3n) is 2.05. The summed E-state index contributed by atoms with van der Waals surface area (Å²) < 4.78 is 53.5. The summed E-state index contributed by atoms with van der Waals surface area (Å²) in [7, 11) is -0.403. The average Bonchev–Trinajstić information content (AvgIpc) is 2.53. The Kier molecular flexibility index (Phi) is 3.99. The van der Waals surface area contributed by atoms with Crippen molar-refractivity contribution in [3.8, 4) is 0 Å². The van der Waals surface area contributed by atoms with Gasteiger partial charge in [-0.15, -0.1) is 0 Å². The van der Waals surface area contributed by atoms with Gasteiger partial charge in [0.2, 0.25) is 0 Å². The normalized spacial score (nSPS) is 15.3. The van der Waals surface area contributed by atoms with Gasteiger partial charge in [-0.3, -0.25) is 4.68 Å². The number of alkyl halides is 3. The zero-order valence-corrected chi connectivity index (χ0v) is 11.3. The SMILES string of the molecule is Cn1ncc(C=N[S@](=O)C(C)(C)C)c1C(F)(F)F. The number of aryl methyl sites for hydroxylation is 1. The van der Waals surface area contributed by atoms with Crippen LogP contribution < -0.4 is 0 Å². The standard InChI is InChI=1S/C10H14F3N3OS/c1-9(2,3)18(17)15-6-7-5-14-16(4)8(7)10(11,12)13/h5-6H,1-4H3/t18-/m1/s1. The Morgan fingerprint density at radius 2 is 1.94 bits per heavy atom. The lowest BCUT2D eigenvalue weighted by molar-refractivity contribution is -0.143. The summed E-state index contributed by atoms with van der Waals surface area (Å²) in [6, 6.07) is 0. The third kappa shape index (κ3) is 3.41. The second kappa shape index (κ2) is 4.83. The van der Waals surface area contributed by atoms with Crippen LogP contribution in [0.3, 0.4) is 0 Å². The summed E-state index contributed by atoms with van der Waals surface area (Å²) in [6.45, 7) is 5.07. The highest BCUT2D eigenvalue weighted by molar-refractivity contribution is 7.85. The number of aromatic nitrogens is 2. The third-order valence-corrected chi connectivity index (χ3v) is 3.39. The number of hydrogen-bond donors (Lipinski definition) is 0. The van der Waals surface area contributed by atoms with Crippen molar-refractivity contribution < 1.29 is 17.4 Å². The van der Waals surface area contributed by atoms with Crippen LogP contribution >= 0.6 is 0 Å². The molecule has 0 bridgehead atoms. The van der Waals surface area contributed by atoms with E-state index in [9.17, 15) is 17.4 Å². The second-order valence-corrected chi connectivity index (χ2v) is 6.60. The van der Waals surface area contributed by atoms with Crippen LogP contribution in [-0.2, 0) is 24.2 Å². The maximum atomic E-state index is 12.7. The Balaban J connectivity index is 3.07. The molecule has 102 valence electrons. The minimum absolute atomic E-state index is 0.192. The number of nitrogens with zero attached hydrogens (tertiary/aromatic N) is 3. The molecule has 0 fully saturated rings. The first-order chi connectivity index (χ1) is 8.03. The fraction of sp³-hybridized carbons (Fsp3) is 0.600. The van der Waals surface area contributed by atoms with Gasteiger partial charge in [0.15, 0.2) is 5.69 Å². The molecule has 1 rings (SSSR count). The molecule has 0 spiro atoms.